The van der Waals surface area contributed by atoms with Gasteiger partial charge in [-0.2, -0.15) is 0 Å². The van der Waals surface area contributed by atoms with Crippen molar-refractivity contribution in [2.75, 3.05) is 7.11 Å². The van der Waals surface area contributed by atoms with Gasteiger partial charge in [0.15, 0.2) is 0 Å². The molecule has 2 heterocycles. The van der Waals surface area contributed by atoms with Crippen LogP contribution in [0.4, 0.5) is 0 Å². The Hall–Kier alpha value is -2.94. The number of nitrogens with one attached hydrogen (secondary N) is 2. The van der Waals surface area contributed by atoms with Crippen molar-refractivity contribution in [3.63, 3.8) is 0 Å². The Bertz CT molecular complexity index is 883. The lowest BCUT2D eigenvalue weighted by atomic mass is 10.1. The van der Waals surface area contributed by atoms with E-state index in [-0.39, 0.29) is 0 Å². The lowest BCUT2D eigenvalue weighted by Gasteiger charge is -2.01. The summed E-state index contributed by atoms with van der Waals surface area (Å²) in [5.41, 5.74) is 5.57. The van der Waals surface area contributed by atoms with Gasteiger partial charge in [0.05, 0.1) is 18.5 Å². The number of para-hydroxylation sites is 1. The molecule has 0 bridgehead atoms. The lowest BCUT2D eigenvalue weighted by molar-refractivity contribution is 0.415. The van der Waals surface area contributed by atoms with E-state index in [0.717, 1.165) is 33.9 Å². The minimum absolute atomic E-state index is 0.867. The number of fused-ring (bicyclic) bond motifs is 1. The zero-order valence-electron chi connectivity index (χ0n) is 12.3. The normalized spacial score (nSPS) is 11.0. The van der Waals surface area contributed by atoms with Gasteiger partial charge in [0.2, 0.25) is 0 Å². The van der Waals surface area contributed by atoms with Crippen molar-refractivity contribution >= 4 is 10.9 Å². The number of hydrogen-bond donors (Lipinski definition) is 2. The van der Waals surface area contributed by atoms with Gasteiger partial charge in [-0.25, -0.2) is 0 Å². The third-order valence-electron chi connectivity index (χ3n) is 3.91. The smallest absolute Gasteiger partial charge is 0.118 e. The molecular weight excluding hydrogens is 272 g/mol. The van der Waals surface area contributed by atoms with E-state index in [4.69, 9.17) is 4.74 Å². The highest BCUT2D eigenvalue weighted by Gasteiger charge is 2.07. The zero-order valence-corrected chi connectivity index (χ0v) is 12.3. The van der Waals surface area contributed by atoms with Crippen LogP contribution in [0.25, 0.3) is 33.5 Å². The van der Waals surface area contributed by atoms with Crippen LogP contribution in [-0.4, -0.2) is 17.1 Å². The van der Waals surface area contributed by atoms with Crippen LogP contribution < -0.4 is 4.74 Å². The molecule has 0 amide bonds. The summed E-state index contributed by atoms with van der Waals surface area (Å²) in [7, 11) is 1.68. The molecule has 0 aliphatic rings. The number of benzene rings is 2. The molecule has 2 N–H and O–H groups in total. The molecule has 0 fully saturated rings. The van der Waals surface area contributed by atoms with E-state index in [9.17, 15) is 0 Å². The second-order valence-corrected chi connectivity index (χ2v) is 5.28. The number of aromatic nitrogens is 2. The first-order valence-electron chi connectivity index (χ1n) is 7.25. The fourth-order valence-electron chi connectivity index (χ4n) is 2.71. The topological polar surface area (TPSA) is 40.8 Å². The maximum absolute atomic E-state index is 5.20. The standard InChI is InChI=1S/C19H16N2O/c1-22-15-8-6-13(7-9-15)17-10-11-18(20-17)19-12-14-4-2-3-5-16(14)21-19/h2-12,20-21H,1H3. The van der Waals surface area contributed by atoms with Crippen LogP contribution in [0.2, 0.25) is 0 Å². The number of ether oxygens (including phenoxy) is 1. The number of rotatable bonds is 3. The first-order valence-corrected chi connectivity index (χ1v) is 7.25. The van der Waals surface area contributed by atoms with Crippen molar-refractivity contribution in [3.8, 4) is 28.4 Å². The van der Waals surface area contributed by atoms with Gasteiger partial charge < -0.3 is 14.7 Å². The van der Waals surface area contributed by atoms with Gasteiger partial charge in [-0.05, 0) is 54.1 Å². The molecule has 0 atom stereocenters. The van der Waals surface area contributed by atoms with Gasteiger partial charge in [0.25, 0.3) is 0 Å². The molecule has 0 spiro atoms. The van der Waals surface area contributed by atoms with Gasteiger partial charge in [0.1, 0.15) is 5.75 Å². The molecule has 0 unspecified atom stereocenters. The molecule has 0 saturated carbocycles. The third kappa shape index (κ3) is 2.17. The zero-order chi connectivity index (χ0) is 14.9. The van der Waals surface area contributed by atoms with Crippen molar-refractivity contribution < 1.29 is 4.74 Å². The first-order chi connectivity index (χ1) is 10.8. The monoisotopic (exact) mass is 288 g/mol. The first kappa shape index (κ1) is 12.8. The largest absolute Gasteiger partial charge is 0.497 e. The quantitative estimate of drug-likeness (QED) is 0.556. The molecule has 4 aromatic rings. The molecule has 0 aliphatic heterocycles. The molecule has 0 saturated heterocycles. The van der Waals surface area contributed by atoms with Gasteiger partial charge in [0, 0.05) is 16.6 Å². The van der Waals surface area contributed by atoms with Crippen LogP contribution in [0, 0.1) is 0 Å². The van der Waals surface area contributed by atoms with Gasteiger partial charge in [-0.3, -0.25) is 0 Å². The minimum atomic E-state index is 0.867. The SMILES string of the molecule is COc1ccc(-c2ccc(-c3cc4ccccc4[nH]3)[nH]2)cc1. The van der Waals surface area contributed by atoms with Crippen LogP contribution in [-0.2, 0) is 0 Å². The summed E-state index contributed by atoms with van der Waals surface area (Å²) in [6, 6.07) is 22.7. The Balaban J connectivity index is 1.70. The predicted molar refractivity (Wildman–Crippen MR) is 90.1 cm³/mol. The number of methoxy groups -OCH3 is 1. The molecule has 4 rings (SSSR count). The molecule has 0 aliphatic carbocycles. The van der Waals surface area contributed by atoms with Crippen LogP contribution in [0.1, 0.15) is 0 Å². The van der Waals surface area contributed by atoms with Crippen molar-refractivity contribution in [3.05, 3.63) is 66.7 Å². The van der Waals surface area contributed by atoms with Crippen LogP contribution in [0.15, 0.2) is 66.7 Å². The van der Waals surface area contributed by atoms with E-state index < -0.39 is 0 Å². The Morgan fingerprint density at radius 1 is 0.727 bits per heavy atom. The number of hydrogen-bond acceptors (Lipinski definition) is 1. The van der Waals surface area contributed by atoms with E-state index in [2.05, 4.69) is 58.5 Å². The van der Waals surface area contributed by atoms with Gasteiger partial charge >= 0.3 is 0 Å². The minimum Gasteiger partial charge on any atom is -0.497 e. The van der Waals surface area contributed by atoms with Crippen molar-refractivity contribution in [2.45, 2.75) is 0 Å². The Morgan fingerprint density at radius 2 is 1.50 bits per heavy atom. The fourth-order valence-corrected chi connectivity index (χ4v) is 2.71. The average molecular weight is 288 g/mol. The number of H-pyrrole nitrogens is 2. The van der Waals surface area contributed by atoms with Gasteiger partial charge in [-0.1, -0.05) is 18.2 Å². The van der Waals surface area contributed by atoms with Crippen LogP contribution in [0.5, 0.6) is 5.75 Å². The fraction of sp³-hybridized carbons (Fsp3) is 0.0526. The summed E-state index contributed by atoms with van der Waals surface area (Å²) >= 11 is 0. The molecule has 3 nitrogen and oxygen atoms in total. The second kappa shape index (κ2) is 5.11. The van der Waals surface area contributed by atoms with Crippen molar-refractivity contribution in [1.29, 1.82) is 0 Å². The summed E-state index contributed by atoms with van der Waals surface area (Å²) in [6.07, 6.45) is 0. The van der Waals surface area contributed by atoms with E-state index >= 15 is 0 Å². The van der Waals surface area contributed by atoms with E-state index in [1.54, 1.807) is 7.11 Å². The summed E-state index contributed by atoms with van der Waals surface area (Å²) in [6.45, 7) is 0. The van der Waals surface area contributed by atoms with Gasteiger partial charge in [-0.15, -0.1) is 0 Å². The second-order valence-electron chi connectivity index (χ2n) is 5.28. The Morgan fingerprint density at radius 3 is 2.27 bits per heavy atom. The molecule has 3 heteroatoms. The van der Waals surface area contributed by atoms with Crippen molar-refractivity contribution in [1.82, 2.24) is 9.97 Å². The Labute approximate surface area is 128 Å². The van der Waals surface area contributed by atoms with Crippen LogP contribution in [0.3, 0.4) is 0 Å². The molecular formula is C19H16N2O. The number of aromatic amines is 2. The molecule has 0 radical (unpaired) electrons. The maximum Gasteiger partial charge on any atom is 0.118 e. The van der Waals surface area contributed by atoms with E-state index in [0.29, 0.717) is 0 Å². The maximum atomic E-state index is 5.20. The van der Waals surface area contributed by atoms with E-state index in [1.807, 2.05) is 18.2 Å². The molecule has 2 aromatic carbocycles. The predicted octanol–water partition coefficient (Wildman–Crippen LogP) is 4.84. The third-order valence-corrected chi connectivity index (χ3v) is 3.91. The summed E-state index contributed by atoms with van der Waals surface area (Å²) in [4.78, 5) is 6.92. The highest BCUT2D eigenvalue weighted by atomic mass is 16.5. The molecule has 2 aromatic heterocycles. The Kier molecular flexibility index (Phi) is 2.97. The molecule has 108 valence electrons. The highest BCUT2D eigenvalue weighted by Crippen LogP contribution is 2.27. The summed E-state index contributed by atoms with van der Waals surface area (Å²) < 4.78 is 5.20. The highest BCUT2D eigenvalue weighted by molar-refractivity contribution is 5.85. The lowest BCUT2D eigenvalue weighted by Crippen LogP contribution is -1.83. The van der Waals surface area contributed by atoms with Crippen LogP contribution >= 0.6 is 0 Å². The summed E-state index contributed by atoms with van der Waals surface area (Å²) in [5, 5.41) is 1.22. The average Bonchev–Trinajstić information content (AvgIpc) is 3.21. The molecule has 22 heavy (non-hydrogen) atoms. The van der Waals surface area contributed by atoms with Crippen molar-refractivity contribution in [2.24, 2.45) is 0 Å². The summed E-state index contributed by atoms with van der Waals surface area (Å²) in [5.74, 6) is 0.867. The van der Waals surface area contributed by atoms with E-state index in [1.165, 1.54) is 5.39 Å².